The van der Waals surface area contributed by atoms with Gasteiger partial charge in [-0.05, 0) is 46.5 Å². The molecule has 0 saturated carbocycles. The second kappa shape index (κ2) is 5.85. The van der Waals surface area contributed by atoms with Gasteiger partial charge < -0.3 is 15.4 Å². The molecular weight excluding hydrogens is 280 g/mol. The number of methoxy groups -OCH3 is 1. The standard InChI is InChI=1S/C13H19BrN2O/c1-17-11-4-6-16(7-5-11)13-3-2-10(9-15)8-12(13)14/h2-3,8,11H,4-7,9,15H2,1H3. The molecule has 1 fully saturated rings. The van der Waals surface area contributed by atoms with Crippen molar-refractivity contribution in [3.05, 3.63) is 28.2 Å². The first kappa shape index (κ1) is 12.9. The Morgan fingerprint density at radius 2 is 2.12 bits per heavy atom. The Hall–Kier alpha value is -0.580. The lowest BCUT2D eigenvalue weighted by Gasteiger charge is -2.33. The van der Waals surface area contributed by atoms with Crippen molar-refractivity contribution >= 4 is 21.6 Å². The Morgan fingerprint density at radius 1 is 1.41 bits per heavy atom. The van der Waals surface area contributed by atoms with Crippen LogP contribution in [0.4, 0.5) is 5.69 Å². The Bertz CT molecular complexity index is 376. The number of piperidine rings is 1. The molecule has 0 radical (unpaired) electrons. The summed E-state index contributed by atoms with van der Waals surface area (Å²) < 4.78 is 6.52. The maximum atomic E-state index is 5.63. The number of benzene rings is 1. The highest BCUT2D eigenvalue weighted by molar-refractivity contribution is 9.10. The Balaban J connectivity index is 2.08. The van der Waals surface area contributed by atoms with Crippen molar-refractivity contribution in [1.82, 2.24) is 0 Å². The number of hydrogen-bond acceptors (Lipinski definition) is 3. The van der Waals surface area contributed by atoms with Crippen LogP contribution < -0.4 is 10.6 Å². The van der Waals surface area contributed by atoms with Crippen LogP contribution in [0.1, 0.15) is 18.4 Å². The van der Waals surface area contributed by atoms with E-state index in [9.17, 15) is 0 Å². The lowest BCUT2D eigenvalue weighted by atomic mass is 10.1. The topological polar surface area (TPSA) is 38.5 Å². The van der Waals surface area contributed by atoms with Gasteiger partial charge in [0.15, 0.2) is 0 Å². The molecule has 1 aromatic carbocycles. The number of ether oxygens (including phenoxy) is 1. The summed E-state index contributed by atoms with van der Waals surface area (Å²) in [7, 11) is 1.80. The summed E-state index contributed by atoms with van der Waals surface area (Å²) in [6.45, 7) is 2.70. The Morgan fingerprint density at radius 3 is 2.65 bits per heavy atom. The van der Waals surface area contributed by atoms with Crippen molar-refractivity contribution in [1.29, 1.82) is 0 Å². The third-order valence-electron chi connectivity index (χ3n) is 3.36. The molecule has 1 saturated heterocycles. The number of rotatable bonds is 3. The summed E-state index contributed by atoms with van der Waals surface area (Å²) in [4.78, 5) is 2.40. The van der Waals surface area contributed by atoms with Gasteiger partial charge in [0.25, 0.3) is 0 Å². The van der Waals surface area contributed by atoms with Crippen LogP contribution in [-0.2, 0) is 11.3 Å². The summed E-state index contributed by atoms with van der Waals surface area (Å²) in [6.07, 6.45) is 2.62. The molecule has 4 heteroatoms. The molecule has 1 aliphatic rings. The summed E-state index contributed by atoms with van der Waals surface area (Å²) in [5, 5.41) is 0. The Kier molecular flexibility index (Phi) is 4.42. The highest BCUT2D eigenvalue weighted by atomic mass is 79.9. The number of hydrogen-bond donors (Lipinski definition) is 1. The summed E-state index contributed by atoms with van der Waals surface area (Å²) in [6, 6.07) is 6.36. The molecule has 2 rings (SSSR count). The molecule has 0 bridgehead atoms. The van der Waals surface area contributed by atoms with Gasteiger partial charge in [0.05, 0.1) is 11.8 Å². The normalized spacial score (nSPS) is 17.5. The van der Waals surface area contributed by atoms with Crippen LogP contribution >= 0.6 is 15.9 Å². The van der Waals surface area contributed by atoms with Crippen molar-refractivity contribution in [3.63, 3.8) is 0 Å². The maximum absolute atomic E-state index is 5.63. The molecule has 0 atom stereocenters. The molecule has 2 N–H and O–H groups in total. The van der Waals surface area contributed by atoms with E-state index in [1.807, 2.05) is 0 Å². The molecule has 0 aromatic heterocycles. The predicted molar refractivity (Wildman–Crippen MR) is 74.3 cm³/mol. The van der Waals surface area contributed by atoms with Gasteiger partial charge in [0, 0.05) is 31.2 Å². The first-order valence-corrected chi connectivity index (χ1v) is 6.80. The smallest absolute Gasteiger partial charge is 0.0605 e. The highest BCUT2D eigenvalue weighted by Crippen LogP contribution is 2.29. The minimum atomic E-state index is 0.424. The average molecular weight is 299 g/mol. The van der Waals surface area contributed by atoms with Crippen LogP contribution in [0, 0.1) is 0 Å². The zero-order valence-electron chi connectivity index (χ0n) is 10.2. The zero-order valence-corrected chi connectivity index (χ0v) is 11.7. The van der Waals surface area contributed by atoms with E-state index < -0.39 is 0 Å². The zero-order chi connectivity index (χ0) is 12.3. The van der Waals surface area contributed by atoms with Crippen LogP contribution in [-0.4, -0.2) is 26.3 Å². The van der Waals surface area contributed by atoms with Gasteiger partial charge in [-0.2, -0.15) is 0 Å². The lowest BCUT2D eigenvalue weighted by molar-refractivity contribution is 0.0819. The largest absolute Gasteiger partial charge is 0.381 e. The van der Waals surface area contributed by atoms with E-state index in [0.29, 0.717) is 12.6 Å². The quantitative estimate of drug-likeness (QED) is 0.932. The summed E-state index contributed by atoms with van der Waals surface area (Å²) in [5.41, 5.74) is 8.05. The second-order valence-electron chi connectivity index (χ2n) is 4.41. The van der Waals surface area contributed by atoms with Crippen LogP contribution in [0.25, 0.3) is 0 Å². The first-order valence-electron chi connectivity index (χ1n) is 6.01. The van der Waals surface area contributed by atoms with Gasteiger partial charge in [-0.15, -0.1) is 0 Å². The van der Waals surface area contributed by atoms with Gasteiger partial charge in [-0.3, -0.25) is 0 Å². The van der Waals surface area contributed by atoms with E-state index >= 15 is 0 Å². The van der Waals surface area contributed by atoms with Crippen LogP contribution in [0.2, 0.25) is 0 Å². The molecule has 94 valence electrons. The van der Waals surface area contributed by atoms with Crippen LogP contribution in [0.15, 0.2) is 22.7 Å². The molecule has 0 amide bonds. The number of nitrogens with zero attached hydrogens (tertiary/aromatic N) is 1. The van der Waals surface area contributed by atoms with E-state index in [2.05, 4.69) is 39.0 Å². The molecule has 0 unspecified atom stereocenters. The second-order valence-corrected chi connectivity index (χ2v) is 5.27. The predicted octanol–water partition coefficient (Wildman–Crippen LogP) is 2.52. The van der Waals surface area contributed by atoms with E-state index in [1.165, 1.54) is 5.69 Å². The number of nitrogens with two attached hydrogens (primary N) is 1. The Labute approximate surface area is 111 Å². The fourth-order valence-electron chi connectivity index (χ4n) is 2.27. The maximum Gasteiger partial charge on any atom is 0.0605 e. The van der Waals surface area contributed by atoms with Crippen molar-refractivity contribution in [2.75, 3.05) is 25.1 Å². The minimum Gasteiger partial charge on any atom is -0.381 e. The van der Waals surface area contributed by atoms with Gasteiger partial charge in [0.1, 0.15) is 0 Å². The van der Waals surface area contributed by atoms with E-state index in [1.54, 1.807) is 7.11 Å². The molecule has 0 aliphatic carbocycles. The van der Waals surface area contributed by atoms with Crippen molar-refractivity contribution in [2.24, 2.45) is 5.73 Å². The molecule has 1 aliphatic heterocycles. The van der Waals surface area contributed by atoms with Gasteiger partial charge in [0.2, 0.25) is 0 Å². The molecule has 0 spiro atoms. The fourth-order valence-corrected chi connectivity index (χ4v) is 2.94. The summed E-state index contributed by atoms with van der Waals surface area (Å²) >= 11 is 3.63. The lowest BCUT2D eigenvalue weighted by Crippen LogP contribution is -2.36. The SMILES string of the molecule is COC1CCN(c2ccc(CN)cc2Br)CC1. The van der Waals surface area contributed by atoms with E-state index in [-0.39, 0.29) is 0 Å². The van der Waals surface area contributed by atoms with Crippen molar-refractivity contribution in [3.8, 4) is 0 Å². The summed E-state index contributed by atoms with van der Waals surface area (Å²) in [5.74, 6) is 0. The number of halogens is 1. The number of anilines is 1. The van der Waals surface area contributed by atoms with Gasteiger partial charge in [-0.25, -0.2) is 0 Å². The fraction of sp³-hybridized carbons (Fsp3) is 0.538. The van der Waals surface area contributed by atoms with Gasteiger partial charge in [-0.1, -0.05) is 6.07 Å². The van der Waals surface area contributed by atoms with Crippen molar-refractivity contribution in [2.45, 2.75) is 25.5 Å². The monoisotopic (exact) mass is 298 g/mol. The van der Waals surface area contributed by atoms with Crippen LogP contribution in [0.3, 0.4) is 0 Å². The van der Waals surface area contributed by atoms with Crippen LogP contribution in [0.5, 0.6) is 0 Å². The van der Waals surface area contributed by atoms with Gasteiger partial charge >= 0.3 is 0 Å². The highest BCUT2D eigenvalue weighted by Gasteiger charge is 2.20. The molecule has 1 aromatic rings. The van der Waals surface area contributed by atoms with Crippen molar-refractivity contribution < 1.29 is 4.74 Å². The molecule has 1 heterocycles. The van der Waals surface area contributed by atoms with E-state index in [4.69, 9.17) is 10.5 Å². The molecule has 3 nitrogen and oxygen atoms in total. The molecule has 17 heavy (non-hydrogen) atoms. The first-order chi connectivity index (χ1) is 8.24. The minimum absolute atomic E-state index is 0.424. The molecular formula is C13H19BrN2O. The third kappa shape index (κ3) is 3.00. The van der Waals surface area contributed by atoms with E-state index in [0.717, 1.165) is 36.0 Å². The average Bonchev–Trinajstić information content (AvgIpc) is 2.39. The third-order valence-corrected chi connectivity index (χ3v) is 4.00.